The van der Waals surface area contributed by atoms with Crippen LogP contribution in [-0.4, -0.2) is 50.2 Å². The summed E-state index contributed by atoms with van der Waals surface area (Å²) in [7, 11) is 1.53. The smallest absolute Gasteiger partial charge is 0.278 e. The van der Waals surface area contributed by atoms with Gasteiger partial charge in [0.05, 0.1) is 31.9 Å². The SMILES string of the molecule is CCCOc1cccc(NC2=C(c3ccc(OCC)cc3)C(=O)N(CCOC)C2=O)c1. The molecule has 0 bridgehead atoms. The molecular formula is C24H28N2O5. The zero-order valence-corrected chi connectivity index (χ0v) is 18.1. The molecule has 164 valence electrons. The van der Waals surface area contributed by atoms with Crippen LogP contribution in [0.1, 0.15) is 25.8 Å². The van der Waals surface area contributed by atoms with Gasteiger partial charge in [0, 0.05) is 18.9 Å². The lowest BCUT2D eigenvalue weighted by Gasteiger charge is -2.14. The number of ether oxygens (including phenoxy) is 3. The Bertz CT molecular complexity index is 953. The molecule has 2 aromatic rings. The summed E-state index contributed by atoms with van der Waals surface area (Å²) in [6.45, 7) is 5.54. The molecule has 7 heteroatoms. The van der Waals surface area contributed by atoms with E-state index in [1.807, 2.05) is 38.1 Å². The Morgan fingerprint density at radius 2 is 1.68 bits per heavy atom. The molecule has 7 nitrogen and oxygen atoms in total. The Hall–Kier alpha value is -3.32. The van der Waals surface area contributed by atoms with Gasteiger partial charge in [-0.15, -0.1) is 0 Å². The summed E-state index contributed by atoms with van der Waals surface area (Å²) in [6, 6.07) is 14.5. The highest BCUT2D eigenvalue weighted by atomic mass is 16.5. The van der Waals surface area contributed by atoms with Gasteiger partial charge in [0.2, 0.25) is 0 Å². The number of hydrogen-bond donors (Lipinski definition) is 1. The Balaban J connectivity index is 1.96. The molecule has 31 heavy (non-hydrogen) atoms. The normalized spacial score (nSPS) is 13.7. The molecule has 0 unspecified atom stereocenters. The first-order valence-corrected chi connectivity index (χ1v) is 10.4. The third kappa shape index (κ3) is 5.24. The van der Waals surface area contributed by atoms with Crippen LogP contribution in [0.2, 0.25) is 0 Å². The number of anilines is 1. The van der Waals surface area contributed by atoms with Crippen LogP contribution in [0.5, 0.6) is 11.5 Å². The lowest BCUT2D eigenvalue weighted by molar-refractivity contribution is -0.137. The number of nitrogens with one attached hydrogen (secondary N) is 1. The van der Waals surface area contributed by atoms with Crippen LogP contribution in [0.25, 0.3) is 5.57 Å². The molecule has 1 heterocycles. The number of hydrogen-bond acceptors (Lipinski definition) is 6. The van der Waals surface area contributed by atoms with Crippen molar-refractivity contribution < 1.29 is 23.8 Å². The molecule has 0 aromatic heterocycles. The van der Waals surface area contributed by atoms with Crippen LogP contribution in [0.15, 0.2) is 54.2 Å². The van der Waals surface area contributed by atoms with Gasteiger partial charge < -0.3 is 19.5 Å². The Morgan fingerprint density at radius 3 is 2.35 bits per heavy atom. The fourth-order valence-corrected chi connectivity index (χ4v) is 3.26. The minimum Gasteiger partial charge on any atom is -0.494 e. The summed E-state index contributed by atoms with van der Waals surface area (Å²) >= 11 is 0. The molecule has 2 amide bonds. The van der Waals surface area contributed by atoms with E-state index in [0.29, 0.717) is 41.5 Å². The van der Waals surface area contributed by atoms with Gasteiger partial charge >= 0.3 is 0 Å². The second-order valence-electron chi connectivity index (χ2n) is 6.96. The van der Waals surface area contributed by atoms with E-state index in [1.165, 1.54) is 12.0 Å². The maximum absolute atomic E-state index is 13.1. The molecule has 0 aliphatic carbocycles. The van der Waals surface area contributed by atoms with Gasteiger partial charge in [0.1, 0.15) is 17.2 Å². The minimum absolute atomic E-state index is 0.180. The van der Waals surface area contributed by atoms with E-state index in [0.717, 1.165) is 6.42 Å². The predicted octanol–water partition coefficient (Wildman–Crippen LogP) is 3.71. The van der Waals surface area contributed by atoms with Crippen molar-refractivity contribution in [2.75, 3.05) is 38.8 Å². The summed E-state index contributed by atoms with van der Waals surface area (Å²) < 4.78 is 16.2. The van der Waals surface area contributed by atoms with Crippen molar-refractivity contribution in [3.8, 4) is 11.5 Å². The van der Waals surface area contributed by atoms with Gasteiger partial charge in [-0.3, -0.25) is 14.5 Å². The van der Waals surface area contributed by atoms with Gasteiger partial charge in [-0.2, -0.15) is 0 Å². The van der Waals surface area contributed by atoms with Crippen LogP contribution in [0.4, 0.5) is 5.69 Å². The molecular weight excluding hydrogens is 396 g/mol. The molecule has 2 aromatic carbocycles. The molecule has 0 fully saturated rings. The monoisotopic (exact) mass is 424 g/mol. The summed E-state index contributed by atoms with van der Waals surface area (Å²) in [4.78, 5) is 27.5. The van der Waals surface area contributed by atoms with E-state index in [-0.39, 0.29) is 30.7 Å². The summed E-state index contributed by atoms with van der Waals surface area (Å²) in [6.07, 6.45) is 0.895. The fraction of sp³-hybridized carbons (Fsp3) is 0.333. The average molecular weight is 424 g/mol. The standard InChI is InChI=1S/C24H28N2O5/c1-4-14-31-20-8-6-7-18(16-20)25-22-21(17-9-11-19(12-10-17)30-5-2)23(27)26(24(22)28)13-15-29-3/h6-12,16,25H,4-5,13-15H2,1-3H3. The van der Waals surface area contributed by atoms with E-state index in [9.17, 15) is 9.59 Å². The topological polar surface area (TPSA) is 77.1 Å². The quantitative estimate of drug-likeness (QED) is 0.554. The number of imide groups is 1. The summed E-state index contributed by atoms with van der Waals surface area (Å²) in [5, 5.41) is 3.15. The number of carbonyl (C=O) groups excluding carboxylic acids is 2. The van der Waals surface area contributed by atoms with Gasteiger partial charge in [-0.05, 0) is 43.2 Å². The molecule has 1 aliphatic heterocycles. The first kappa shape index (κ1) is 22.4. The van der Waals surface area contributed by atoms with Crippen molar-refractivity contribution in [2.24, 2.45) is 0 Å². The molecule has 0 saturated carbocycles. The molecule has 1 N–H and O–H groups in total. The van der Waals surface area contributed by atoms with E-state index < -0.39 is 0 Å². The van der Waals surface area contributed by atoms with Gasteiger partial charge in [-0.25, -0.2) is 0 Å². The molecule has 0 spiro atoms. The lowest BCUT2D eigenvalue weighted by atomic mass is 10.0. The predicted molar refractivity (Wildman–Crippen MR) is 119 cm³/mol. The molecule has 0 radical (unpaired) electrons. The Labute approximate surface area is 182 Å². The van der Waals surface area contributed by atoms with E-state index >= 15 is 0 Å². The highest BCUT2D eigenvalue weighted by Crippen LogP contribution is 2.32. The van der Waals surface area contributed by atoms with Crippen molar-refractivity contribution in [2.45, 2.75) is 20.3 Å². The highest BCUT2D eigenvalue weighted by molar-refractivity contribution is 6.36. The van der Waals surface area contributed by atoms with Gasteiger partial charge in [-0.1, -0.05) is 25.1 Å². The molecule has 3 rings (SSSR count). The molecule has 1 aliphatic rings. The van der Waals surface area contributed by atoms with Crippen molar-refractivity contribution in [3.05, 3.63) is 59.8 Å². The number of nitrogens with zero attached hydrogens (tertiary/aromatic N) is 1. The first-order chi connectivity index (χ1) is 15.1. The zero-order chi connectivity index (χ0) is 22.2. The zero-order valence-electron chi connectivity index (χ0n) is 18.1. The Morgan fingerprint density at radius 1 is 0.903 bits per heavy atom. The van der Waals surface area contributed by atoms with E-state index in [2.05, 4.69) is 5.32 Å². The fourth-order valence-electron chi connectivity index (χ4n) is 3.26. The second-order valence-corrected chi connectivity index (χ2v) is 6.96. The maximum atomic E-state index is 13.1. The number of rotatable bonds is 11. The summed E-state index contributed by atoms with van der Waals surface area (Å²) in [5.74, 6) is 0.663. The second kappa shape index (κ2) is 10.6. The van der Waals surface area contributed by atoms with Crippen LogP contribution >= 0.6 is 0 Å². The van der Waals surface area contributed by atoms with Gasteiger partial charge in [0.15, 0.2) is 0 Å². The largest absolute Gasteiger partial charge is 0.494 e. The lowest BCUT2D eigenvalue weighted by Crippen LogP contribution is -2.35. The van der Waals surface area contributed by atoms with Crippen LogP contribution in [0.3, 0.4) is 0 Å². The maximum Gasteiger partial charge on any atom is 0.278 e. The van der Waals surface area contributed by atoms with Crippen molar-refractivity contribution in [3.63, 3.8) is 0 Å². The third-order valence-electron chi connectivity index (χ3n) is 4.72. The highest BCUT2D eigenvalue weighted by Gasteiger charge is 2.39. The van der Waals surface area contributed by atoms with E-state index in [4.69, 9.17) is 14.2 Å². The van der Waals surface area contributed by atoms with Crippen molar-refractivity contribution in [1.82, 2.24) is 4.90 Å². The van der Waals surface area contributed by atoms with Crippen molar-refractivity contribution in [1.29, 1.82) is 0 Å². The van der Waals surface area contributed by atoms with Crippen LogP contribution in [-0.2, 0) is 14.3 Å². The average Bonchev–Trinajstić information content (AvgIpc) is 3.01. The molecule has 0 saturated heterocycles. The van der Waals surface area contributed by atoms with Gasteiger partial charge in [0.25, 0.3) is 11.8 Å². The third-order valence-corrected chi connectivity index (χ3v) is 4.72. The Kier molecular flexibility index (Phi) is 7.67. The van der Waals surface area contributed by atoms with Crippen molar-refractivity contribution >= 4 is 23.1 Å². The minimum atomic E-state index is -0.384. The number of benzene rings is 2. The van der Waals surface area contributed by atoms with Crippen LogP contribution in [0, 0.1) is 0 Å². The van der Waals surface area contributed by atoms with Crippen LogP contribution < -0.4 is 14.8 Å². The first-order valence-electron chi connectivity index (χ1n) is 10.4. The number of methoxy groups -OCH3 is 1. The number of carbonyl (C=O) groups is 2. The molecule has 0 atom stereocenters. The summed E-state index contributed by atoms with van der Waals surface area (Å²) in [5.41, 5.74) is 1.87. The number of amides is 2. The van der Waals surface area contributed by atoms with E-state index in [1.54, 1.807) is 24.3 Å².